The van der Waals surface area contributed by atoms with Crippen LogP contribution in [0.25, 0.3) is 0 Å². The molecular formula is C8H14OS2. The Kier molecular flexibility index (Phi) is 3.66. The molecule has 1 nitrogen and oxygen atoms in total. The van der Waals surface area contributed by atoms with E-state index >= 15 is 0 Å². The summed E-state index contributed by atoms with van der Waals surface area (Å²) in [4.78, 5) is 0. The molecule has 3 heteroatoms. The Morgan fingerprint density at radius 2 is 2.55 bits per heavy atom. The Morgan fingerprint density at radius 3 is 3.00 bits per heavy atom. The zero-order chi connectivity index (χ0) is 8.27. The van der Waals surface area contributed by atoms with E-state index in [9.17, 15) is 4.21 Å². The standard InChI is InChI=1S/C8H14OS2/c1-3-4-5-8-10-6-7(2)11(8)9/h5,7H,3-4,6H2,1-2H3/b8-5-/t7-,11?/m0/s1. The van der Waals surface area contributed by atoms with Crippen LogP contribution in [0.2, 0.25) is 0 Å². The minimum atomic E-state index is -0.683. The summed E-state index contributed by atoms with van der Waals surface area (Å²) in [6.45, 7) is 4.19. The third kappa shape index (κ3) is 2.34. The maximum Gasteiger partial charge on any atom is 0.0679 e. The molecule has 0 aliphatic carbocycles. The average molecular weight is 190 g/mol. The number of rotatable bonds is 2. The van der Waals surface area contributed by atoms with Gasteiger partial charge in [0, 0.05) is 11.0 Å². The van der Waals surface area contributed by atoms with Gasteiger partial charge in [-0.2, -0.15) is 0 Å². The van der Waals surface area contributed by atoms with Crippen molar-refractivity contribution in [3.05, 3.63) is 10.3 Å². The van der Waals surface area contributed by atoms with Crippen LogP contribution in [-0.2, 0) is 10.8 Å². The van der Waals surface area contributed by atoms with Gasteiger partial charge in [0.25, 0.3) is 0 Å². The van der Waals surface area contributed by atoms with Crippen LogP contribution in [0, 0.1) is 0 Å². The van der Waals surface area contributed by atoms with Crippen LogP contribution in [0.4, 0.5) is 0 Å². The summed E-state index contributed by atoms with van der Waals surface area (Å²) in [5.41, 5.74) is 0. The molecule has 0 saturated carbocycles. The smallest absolute Gasteiger partial charge is 0.0679 e. The minimum Gasteiger partial charge on any atom is -0.254 e. The fourth-order valence-corrected chi connectivity index (χ4v) is 4.09. The molecule has 1 aliphatic rings. The van der Waals surface area contributed by atoms with Crippen molar-refractivity contribution in [2.24, 2.45) is 0 Å². The van der Waals surface area contributed by atoms with E-state index in [1.54, 1.807) is 11.8 Å². The highest BCUT2D eigenvalue weighted by Crippen LogP contribution is 2.32. The van der Waals surface area contributed by atoms with Crippen molar-refractivity contribution in [1.29, 1.82) is 0 Å². The quantitative estimate of drug-likeness (QED) is 0.665. The second kappa shape index (κ2) is 4.31. The second-order valence-electron chi connectivity index (χ2n) is 2.73. The molecule has 1 saturated heterocycles. The molecule has 0 bridgehead atoms. The molecule has 2 atom stereocenters. The summed E-state index contributed by atoms with van der Waals surface area (Å²) < 4.78 is 12.5. The van der Waals surface area contributed by atoms with Crippen LogP contribution in [0.5, 0.6) is 0 Å². The first kappa shape index (κ1) is 9.33. The molecule has 0 radical (unpaired) electrons. The summed E-state index contributed by atoms with van der Waals surface area (Å²) in [5.74, 6) is 1.03. The van der Waals surface area contributed by atoms with E-state index in [1.807, 2.05) is 0 Å². The molecular weight excluding hydrogens is 176 g/mol. The van der Waals surface area contributed by atoms with Crippen LogP contribution in [0.15, 0.2) is 10.3 Å². The highest BCUT2D eigenvalue weighted by atomic mass is 32.2. The lowest BCUT2D eigenvalue weighted by atomic mass is 10.3. The van der Waals surface area contributed by atoms with Crippen molar-refractivity contribution in [2.75, 3.05) is 5.75 Å². The predicted octanol–water partition coefficient (Wildman–Crippen LogP) is 2.51. The Balaban J connectivity index is 2.54. The normalized spacial score (nSPS) is 34.9. The first-order valence-corrected chi connectivity index (χ1v) is 6.19. The monoisotopic (exact) mass is 190 g/mol. The molecule has 0 spiro atoms. The van der Waals surface area contributed by atoms with Gasteiger partial charge in [0.05, 0.1) is 15.0 Å². The van der Waals surface area contributed by atoms with Gasteiger partial charge in [0.2, 0.25) is 0 Å². The van der Waals surface area contributed by atoms with Crippen LogP contribution in [0.3, 0.4) is 0 Å². The second-order valence-corrected chi connectivity index (χ2v) is 5.89. The van der Waals surface area contributed by atoms with Gasteiger partial charge in [-0.25, -0.2) is 0 Å². The van der Waals surface area contributed by atoms with E-state index in [0.717, 1.165) is 22.8 Å². The number of allylic oxidation sites excluding steroid dienone is 1. The molecule has 1 fully saturated rings. The molecule has 0 aromatic carbocycles. The third-order valence-electron chi connectivity index (χ3n) is 1.62. The average Bonchev–Trinajstić information content (AvgIpc) is 2.31. The van der Waals surface area contributed by atoms with Crippen LogP contribution in [0.1, 0.15) is 26.7 Å². The van der Waals surface area contributed by atoms with E-state index in [0.29, 0.717) is 5.25 Å². The van der Waals surface area contributed by atoms with Gasteiger partial charge >= 0.3 is 0 Å². The molecule has 1 unspecified atom stereocenters. The Labute approximate surface area is 75.1 Å². The first-order valence-electron chi connectivity index (χ1n) is 3.99. The Bertz CT molecular complexity index is 187. The molecule has 64 valence electrons. The lowest BCUT2D eigenvalue weighted by Gasteiger charge is -1.95. The molecule has 0 aromatic rings. The number of hydrogen-bond donors (Lipinski definition) is 0. The van der Waals surface area contributed by atoms with Gasteiger partial charge in [0.15, 0.2) is 0 Å². The van der Waals surface area contributed by atoms with Gasteiger partial charge in [-0.15, -0.1) is 11.8 Å². The largest absolute Gasteiger partial charge is 0.254 e. The van der Waals surface area contributed by atoms with E-state index in [2.05, 4.69) is 19.9 Å². The molecule has 1 heterocycles. The van der Waals surface area contributed by atoms with Gasteiger partial charge < -0.3 is 0 Å². The van der Waals surface area contributed by atoms with E-state index < -0.39 is 10.8 Å². The fraction of sp³-hybridized carbons (Fsp3) is 0.750. The van der Waals surface area contributed by atoms with Crippen LogP contribution >= 0.6 is 11.8 Å². The van der Waals surface area contributed by atoms with Crippen molar-refractivity contribution in [3.8, 4) is 0 Å². The molecule has 0 aromatic heterocycles. The van der Waals surface area contributed by atoms with Crippen LogP contribution in [-0.4, -0.2) is 15.2 Å². The molecule has 0 N–H and O–H groups in total. The maximum absolute atomic E-state index is 11.4. The molecule has 1 aliphatic heterocycles. The summed E-state index contributed by atoms with van der Waals surface area (Å²) in [6, 6.07) is 0. The summed E-state index contributed by atoms with van der Waals surface area (Å²) >= 11 is 1.76. The van der Waals surface area contributed by atoms with Crippen molar-refractivity contribution >= 4 is 22.6 Å². The molecule has 11 heavy (non-hydrogen) atoms. The topological polar surface area (TPSA) is 17.1 Å². The fourth-order valence-electron chi connectivity index (χ4n) is 0.921. The van der Waals surface area contributed by atoms with Crippen LogP contribution < -0.4 is 0 Å². The van der Waals surface area contributed by atoms with Gasteiger partial charge in [-0.1, -0.05) is 19.4 Å². The zero-order valence-electron chi connectivity index (χ0n) is 7.00. The molecule has 0 amide bonds. The lowest BCUT2D eigenvalue weighted by Crippen LogP contribution is -2.04. The van der Waals surface area contributed by atoms with E-state index in [4.69, 9.17) is 0 Å². The van der Waals surface area contributed by atoms with Gasteiger partial charge in [0.1, 0.15) is 0 Å². The maximum atomic E-state index is 11.4. The van der Waals surface area contributed by atoms with Crippen molar-refractivity contribution in [3.63, 3.8) is 0 Å². The third-order valence-corrected chi connectivity index (χ3v) is 5.26. The highest BCUT2D eigenvalue weighted by Gasteiger charge is 2.23. The Morgan fingerprint density at radius 1 is 1.82 bits per heavy atom. The Hall–Kier alpha value is 0.240. The highest BCUT2D eigenvalue weighted by molar-refractivity contribution is 8.19. The summed E-state index contributed by atoms with van der Waals surface area (Å²) in [6.07, 6.45) is 4.35. The van der Waals surface area contributed by atoms with E-state index in [1.165, 1.54) is 0 Å². The molecule has 1 rings (SSSR count). The summed E-state index contributed by atoms with van der Waals surface area (Å²) in [5, 5.41) is 0.364. The zero-order valence-corrected chi connectivity index (χ0v) is 8.63. The lowest BCUT2D eigenvalue weighted by molar-refractivity contribution is 0.683. The SMILES string of the molecule is CCC/C=C1/SC[C@H](C)S1=O. The van der Waals surface area contributed by atoms with E-state index in [-0.39, 0.29) is 0 Å². The summed E-state index contributed by atoms with van der Waals surface area (Å²) in [7, 11) is -0.683. The number of unbranched alkanes of at least 4 members (excludes halogenated alkanes) is 1. The number of hydrogen-bond acceptors (Lipinski definition) is 2. The predicted molar refractivity (Wildman–Crippen MR) is 53.1 cm³/mol. The van der Waals surface area contributed by atoms with Gasteiger partial charge in [-0.05, 0) is 13.3 Å². The first-order chi connectivity index (χ1) is 5.25. The number of thioether (sulfide) groups is 1. The van der Waals surface area contributed by atoms with Crippen molar-refractivity contribution in [2.45, 2.75) is 31.9 Å². The minimum absolute atomic E-state index is 0.364. The van der Waals surface area contributed by atoms with Crippen molar-refractivity contribution < 1.29 is 4.21 Å². The van der Waals surface area contributed by atoms with Gasteiger partial charge in [-0.3, -0.25) is 4.21 Å². The van der Waals surface area contributed by atoms with Crippen molar-refractivity contribution in [1.82, 2.24) is 0 Å².